The average molecular weight is 272 g/mol. The van der Waals surface area contributed by atoms with Gasteiger partial charge in [-0.25, -0.2) is 0 Å². The SMILES string of the molecule is Cc1cccc(CSC(C(=O)O)c2ccccc2)c1. The van der Waals surface area contributed by atoms with E-state index in [0.29, 0.717) is 5.75 Å². The van der Waals surface area contributed by atoms with Crippen LogP contribution in [-0.2, 0) is 10.5 Å². The van der Waals surface area contributed by atoms with Crippen LogP contribution in [0.2, 0.25) is 0 Å². The molecular formula is C16H16O2S. The highest BCUT2D eigenvalue weighted by Crippen LogP contribution is 2.31. The van der Waals surface area contributed by atoms with Gasteiger partial charge >= 0.3 is 5.97 Å². The van der Waals surface area contributed by atoms with Gasteiger partial charge in [-0.1, -0.05) is 60.2 Å². The molecule has 1 N–H and O–H groups in total. The summed E-state index contributed by atoms with van der Waals surface area (Å²) in [7, 11) is 0. The predicted molar refractivity (Wildman–Crippen MR) is 79.3 cm³/mol. The van der Waals surface area contributed by atoms with Gasteiger partial charge in [-0.15, -0.1) is 11.8 Å². The van der Waals surface area contributed by atoms with Gasteiger partial charge in [0.15, 0.2) is 0 Å². The minimum Gasteiger partial charge on any atom is -0.480 e. The first-order valence-corrected chi connectivity index (χ1v) is 7.16. The van der Waals surface area contributed by atoms with Gasteiger partial charge in [-0.05, 0) is 18.1 Å². The molecule has 0 fully saturated rings. The quantitative estimate of drug-likeness (QED) is 0.892. The van der Waals surface area contributed by atoms with Gasteiger partial charge in [-0.3, -0.25) is 4.79 Å². The zero-order valence-corrected chi connectivity index (χ0v) is 11.6. The third kappa shape index (κ3) is 3.86. The van der Waals surface area contributed by atoms with E-state index in [0.717, 1.165) is 11.1 Å². The minimum absolute atomic E-state index is 0.512. The van der Waals surface area contributed by atoms with Crippen LogP contribution in [0.4, 0.5) is 0 Å². The fourth-order valence-electron chi connectivity index (χ4n) is 1.92. The second-order valence-electron chi connectivity index (χ2n) is 4.43. The van der Waals surface area contributed by atoms with Crippen molar-refractivity contribution in [3.8, 4) is 0 Å². The second-order valence-corrected chi connectivity index (χ2v) is 5.52. The number of aliphatic carboxylic acids is 1. The molecule has 3 heteroatoms. The molecule has 98 valence electrons. The molecule has 2 aromatic carbocycles. The Morgan fingerprint density at radius 1 is 1.16 bits per heavy atom. The Bertz CT molecular complexity index is 552. The molecule has 0 radical (unpaired) electrons. The molecule has 1 atom stereocenters. The zero-order chi connectivity index (χ0) is 13.7. The first-order valence-electron chi connectivity index (χ1n) is 6.12. The normalized spacial score (nSPS) is 12.1. The van der Waals surface area contributed by atoms with E-state index in [1.165, 1.54) is 17.3 Å². The monoisotopic (exact) mass is 272 g/mol. The van der Waals surface area contributed by atoms with E-state index in [4.69, 9.17) is 0 Å². The lowest BCUT2D eigenvalue weighted by Crippen LogP contribution is -2.08. The van der Waals surface area contributed by atoms with Crippen molar-refractivity contribution < 1.29 is 9.90 Å². The summed E-state index contributed by atoms with van der Waals surface area (Å²) in [6.07, 6.45) is 0. The molecule has 0 heterocycles. The van der Waals surface area contributed by atoms with Gasteiger partial charge < -0.3 is 5.11 Å². The highest BCUT2D eigenvalue weighted by Gasteiger charge is 2.19. The van der Waals surface area contributed by atoms with Crippen LogP contribution in [-0.4, -0.2) is 11.1 Å². The fraction of sp³-hybridized carbons (Fsp3) is 0.188. The van der Waals surface area contributed by atoms with Gasteiger partial charge in [0.25, 0.3) is 0 Å². The number of benzene rings is 2. The maximum Gasteiger partial charge on any atom is 0.321 e. The van der Waals surface area contributed by atoms with Gasteiger partial charge in [0.1, 0.15) is 5.25 Å². The van der Waals surface area contributed by atoms with E-state index in [1.807, 2.05) is 55.5 Å². The molecule has 2 aromatic rings. The molecule has 1 unspecified atom stereocenters. The third-order valence-corrected chi connectivity index (χ3v) is 4.13. The molecular weight excluding hydrogens is 256 g/mol. The van der Waals surface area contributed by atoms with Crippen LogP contribution >= 0.6 is 11.8 Å². The Hall–Kier alpha value is -1.74. The van der Waals surface area contributed by atoms with Crippen molar-refractivity contribution in [1.29, 1.82) is 0 Å². The molecule has 0 amide bonds. The maximum atomic E-state index is 11.4. The lowest BCUT2D eigenvalue weighted by atomic mass is 10.1. The summed E-state index contributed by atoms with van der Waals surface area (Å²) in [5.74, 6) is -0.0862. The summed E-state index contributed by atoms with van der Waals surface area (Å²) < 4.78 is 0. The molecule has 2 rings (SSSR count). The van der Waals surface area contributed by atoms with Crippen molar-refractivity contribution in [2.24, 2.45) is 0 Å². The largest absolute Gasteiger partial charge is 0.480 e. The van der Waals surface area contributed by atoms with Crippen LogP contribution in [0, 0.1) is 6.92 Å². The topological polar surface area (TPSA) is 37.3 Å². The number of thioether (sulfide) groups is 1. The third-order valence-electron chi connectivity index (χ3n) is 2.83. The number of aryl methyl sites for hydroxylation is 1. The Balaban J connectivity index is 2.08. The van der Waals surface area contributed by atoms with Crippen LogP contribution in [0.1, 0.15) is 21.9 Å². The molecule has 2 nitrogen and oxygen atoms in total. The maximum absolute atomic E-state index is 11.4. The number of carboxylic acid groups (broad SMARTS) is 1. The Morgan fingerprint density at radius 3 is 2.53 bits per heavy atom. The average Bonchev–Trinajstić information content (AvgIpc) is 2.40. The van der Waals surface area contributed by atoms with E-state index in [-0.39, 0.29) is 0 Å². The highest BCUT2D eigenvalue weighted by molar-refractivity contribution is 7.99. The number of hydrogen-bond donors (Lipinski definition) is 1. The second kappa shape index (κ2) is 6.43. The fourth-order valence-corrected chi connectivity index (χ4v) is 2.95. The molecule has 0 bridgehead atoms. The lowest BCUT2D eigenvalue weighted by Gasteiger charge is -2.12. The summed E-state index contributed by atoms with van der Waals surface area (Å²) >= 11 is 1.44. The molecule has 0 aromatic heterocycles. The van der Waals surface area contributed by atoms with E-state index < -0.39 is 11.2 Å². The molecule has 19 heavy (non-hydrogen) atoms. The Labute approximate surface area is 117 Å². The summed E-state index contributed by atoms with van der Waals surface area (Å²) in [6.45, 7) is 2.04. The minimum atomic E-state index is -0.788. The molecule has 0 aliphatic rings. The van der Waals surface area contributed by atoms with Crippen molar-refractivity contribution in [1.82, 2.24) is 0 Å². The molecule has 0 aliphatic carbocycles. The van der Waals surface area contributed by atoms with Crippen molar-refractivity contribution in [2.45, 2.75) is 17.9 Å². The molecule has 0 saturated carbocycles. The Kier molecular flexibility index (Phi) is 4.63. The van der Waals surface area contributed by atoms with Crippen molar-refractivity contribution >= 4 is 17.7 Å². The first kappa shape index (κ1) is 13.7. The van der Waals surface area contributed by atoms with Crippen molar-refractivity contribution in [3.63, 3.8) is 0 Å². The summed E-state index contributed by atoms with van der Waals surface area (Å²) in [4.78, 5) is 11.4. The van der Waals surface area contributed by atoms with E-state index in [2.05, 4.69) is 6.07 Å². The first-order chi connectivity index (χ1) is 9.16. The summed E-state index contributed by atoms with van der Waals surface area (Å²) in [6, 6.07) is 17.5. The van der Waals surface area contributed by atoms with Crippen LogP contribution in [0.5, 0.6) is 0 Å². The lowest BCUT2D eigenvalue weighted by molar-refractivity contribution is -0.136. The van der Waals surface area contributed by atoms with Gasteiger partial charge in [0.2, 0.25) is 0 Å². The Morgan fingerprint density at radius 2 is 1.89 bits per heavy atom. The molecule has 0 spiro atoms. The molecule has 0 aliphatic heterocycles. The predicted octanol–water partition coefficient (Wildman–Crippen LogP) is 4.05. The number of carboxylic acids is 1. The summed E-state index contributed by atoms with van der Waals surface area (Å²) in [5, 5.41) is 8.83. The van der Waals surface area contributed by atoms with Crippen LogP contribution in [0.15, 0.2) is 54.6 Å². The van der Waals surface area contributed by atoms with Crippen LogP contribution in [0.3, 0.4) is 0 Å². The van der Waals surface area contributed by atoms with Gasteiger partial charge in [0, 0.05) is 5.75 Å². The van der Waals surface area contributed by atoms with E-state index in [1.54, 1.807) is 0 Å². The number of hydrogen-bond acceptors (Lipinski definition) is 2. The van der Waals surface area contributed by atoms with Crippen molar-refractivity contribution in [3.05, 3.63) is 71.3 Å². The van der Waals surface area contributed by atoms with Gasteiger partial charge in [-0.2, -0.15) is 0 Å². The van der Waals surface area contributed by atoms with Crippen LogP contribution in [0.25, 0.3) is 0 Å². The zero-order valence-electron chi connectivity index (χ0n) is 10.7. The smallest absolute Gasteiger partial charge is 0.321 e. The van der Waals surface area contributed by atoms with Crippen molar-refractivity contribution in [2.75, 3.05) is 0 Å². The number of rotatable bonds is 5. The van der Waals surface area contributed by atoms with E-state index in [9.17, 15) is 9.90 Å². The van der Waals surface area contributed by atoms with E-state index >= 15 is 0 Å². The standard InChI is InChI=1S/C16H16O2S/c1-12-6-5-7-13(10-12)11-19-15(16(17)18)14-8-3-2-4-9-14/h2-10,15H,11H2,1H3,(H,17,18). The number of carbonyl (C=O) groups is 1. The van der Waals surface area contributed by atoms with Crippen LogP contribution < -0.4 is 0 Å². The molecule has 0 saturated heterocycles. The van der Waals surface area contributed by atoms with Gasteiger partial charge in [0.05, 0.1) is 0 Å². The highest BCUT2D eigenvalue weighted by atomic mass is 32.2. The summed E-state index contributed by atoms with van der Waals surface area (Å²) in [5.41, 5.74) is 3.20.